The van der Waals surface area contributed by atoms with Crippen LogP contribution >= 0.6 is 0 Å². The molecule has 0 aliphatic carbocycles. The Hall–Kier alpha value is -3.41. The van der Waals surface area contributed by atoms with Crippen LogP contribution in [0.15, 0.2) is 60.8 Å². The molecule has 0 atom stereocenters. The van der Waals surface area contributed by atoms with Crippen molar-refractivity contribution < 1.29 is 4.79 Å². The number of imidazole rings is 1. The summed E-state index contributed by atoms with van der Waals surface area (Å²) >= 11 is 0. The SMILES string of the molecule is CCc1c(C(=O)NCc2nc3ccccc3[nH]2)cnn1-c1ccccc1. The number of aromatic nitrogens is 4. The number of aromatic amines is 1. The molecule has 0 unspecified atom stereocenters. The standard InChI is InChI=1S/C20H19N5O/c1-2-18-15(12-22-25(18)14-8-4-3-5-9-14)20(26)21-13-19-23-16-10-6-7-11-17(16)24-19/h3-12H,2,13H2,1H3,(H,21,26)(H,23,24). The largest absolute Gasteiger partial charge is 0.345 e. The van der Waals surface area contributed by atoms with Crippen LogP contribution in [-0.2, 0) is 13.0 Å². The minimum Gasteiger partial charge on any atom is -0.345 e. The van der Waals surface area contributed by atoms with Crippen molar-refractivity contribution in [3.63, 3.8) is 0 Å². The summed E-state index contributed by atoms with van der Waals surface area (Å²) in [6.45, 7) is 2.36. The van der Waals surface area contributed by atoms with E-state index >= 15 is 0 Å². The van der Waals surface area contributed by atoms with E-state index in [0.717, 1.165) is 28.2 Å². The Labute approximate surface area is 150 Å². The van der Waals surface area contributed by atoms with Gasteiger partial charge in [0, 0.05) is 0 Å². The van der Waals surface area contributed by atoms with Gasteiger partial charge in [-0.2, -0.15) is 5.10 Å². The molecule has 1 amide bonds. The number of hydrogen-bond acceptors (Lipinski definition) is 3. The summed E-state index contributed by atoms with van der Waals surface area (Å²) in [6, 6.07) is 17.6. The summed E-state index contributed by atoms with van der Waals surface area (Å²) in [5, 5.41) is 7.33. The number of fused-ring (bicyclic) bond motifs is 1. The maximum absolute atomic E-state index is 12.7. The fourth-order valence-electron chi connectivity index (χ4n) is 3.04. The van der Waals surface area contributed by atoms with E-state index in [2.05, 4.69) is 20.4 Å². The number of hydrogen-bond donors (Lipinski definition) is 2. The zero-order valence-corrected chi connectivity index (χ0v) is 14.4. The molecule has 4 rings (SSSR count). The Morgan fingerprint density at radius 3 is 2.65 bits per heavy atom. The molecule has 6 nitrogen and oxygen atoms in total. The van der Waals surface area contributed by atoms with Gasteiger partial charge in [-0.25, -0.2) is 9.67 Å². The van der Waals surface area contributed by atoms with Crippen LogP contribution in [0.2, 0.25) is 0 Å². The Morgan fingerprint density at radius 2 is 1.88 bits per heavy atom. The third-order valence-corrected chi connectivity index (χ3v) is 4.30. The van der Waals surface area contributed by atoms with Gasteiger partial charge >= 0.3 is 0 Å². The number of rotatable bonds is 5. The molecular formula is C20H19N5O. The van der Waals surface area contributed by atoms with Crippen LogP contribution in [0.25, 0.3) is 16.7 Å². The van der Waals surface area contributed by atoms with E-state index in [0.29, 0.717) is 18.5 Å². The van der Waals surface area contributed by atoms with Gasteiger partial charge in [0.05, 0.1) is 40.7 Å². The lowest BCUT2D eigenvalue weighted by atomic mass is 10.2. The van der Waals surface area contributed by atoms with Crippen LogP contribution in [0.3, 0.4) is 0 Å². The minimum absolute atomic E-state index is 0.149. The lowest BCUT2D eigenvalue weighted by Gasteiger charge is -2.08. The molecule has 0 radical (unpaired) electrons. The van der Waals surface area contributed by atoms with Gasteiger partial charge in [0.1, 0.15) is 5.82 Å². The van der Waals surface area contributed by atoms with Crippen molar-refractivity contribution in [3.05, 3.63) is 77.9 Å². The van der Waals surface area contributed by atoms with Gasteiger partial charge in [0.2, 0.25) is 0 Å². The third-order valence-electron chi connectivity index (χ3n) is 4.30. The molecule has 0 saturated heterocycles. The number of carbonyl (C=O) groups excluding carboxylic acids is 1. The molecule has 26 heavy (non-hydrogen) atoms. The van der Waals surface area contributed by atoms with E-state index in [9.17, 15) is 4.79 Å². The van der Waals surface area contributed by atoms with Crippen LogP contribution < -0.4 is 5.32 Å². The Bertz CT molecular complexity index is 1020. The van der Waals surface area contributed by atoms with Crippen LogP contribution in [0.5, 0.6) is 0 Å². The zero-order valence-electron chi connectivity index (χ0n) is 14.4. The number of para-hydroxylation sites is 3. The minimum atomic E-state index is -0.149. The summed E-state index contributed by atoms with van der Waals surface area (Å²) in [4.78, 5) is 20.3. The van der Waals surface area contributed by atoms with Gasteiger partial charge in [-0.3, -0.25) is 4.79 Å². The molecular weight excluding hydrogens is 326 g/mol. The van der Waals surface area contributed by atoms with Crippen LogP contribution in [0, 0.1) is 0 Å². The van der Waals surface area contributed by atoms with E-state index in [1.807, 2.05) is 66.2 Å². The number of H-pyrrole nitrogens is 1. The third kappa shape index (κ3) is 2.97. The van der Waals surface area contributed by atoms with E-state index in [1.54, 1.807) is 6.20 Å². The second-order valence-electron chi connectivity index (χ2n) is 5.99. The quantitative estimate of drug-likeness (QED) is 0.583. The van der Waals surface area contributed by atoms with Crippen molar-refractivity contribution in [1.29, 1.82) is 0 Å². The summed E-state index contributed by atoms with van der Waals surface area (Å²) in [6.07, 6.45) is 2.34. The highest BCUT2D eigenvalue weighted by Crippen LogP contribution is 2.16. The predicted octanol–water partition coefficient (Wildman–Crippen LogP) is 3.24. The second kappa shape index (κ2) is 6.84. The summed E-state index contributed by atoms with van der Waals surface area (Å²) in [7, 11) is 0. The fraction of sp³-hybridized carbons (Fsp3) is 0.150. The normalized spacial score (nSPS) is 11.0. The molecule has 0 fully saturated rings. The Balaban J connectivity index is 1.54. The maximum atomic E-state index is 12.7. The summed E-state index contributed by atoms with van der Waals surface area (Å²) < 4.78 is 1.82. The summed E-state index contributed by atoms with van der Waals surface area (Å²) in [5.41, 5.74) is 4.28. The van der Waals surface area contributed by atoms with Gasteiger partial charge in [0.25, 0.3) is 5.91 Å². The highest BCUT2D eigenvalue weighted by Gasteiger charge is 2.17. The maximum Gasteiger partial charge on any atom is 0.255 e. The van der Waals surface area contributed by atoms with Gasteiger partial charge in [-0.1, -0.05) is 37.3 Å². The monoisotopic (exact) mass is 345 g/mol. The first-order valence-electron chi connectivity index (χ1n) is 8.60. The zero-order chi connectivity index (χ0) is 17.9. The molecule has 4 aromatic rings. The number of carbonyl (C=O) groups is 1. The lowest BCUT2D eigenvalue weighted by Crippen LogP contribution is -2.24. The van der Waals surface area contributed by atoms with Gasteiger partial charge in [0.15, 0.2) is 0 Å². The number of amides is 1. The van der Waals surface area contributed by atoms with Crippen molar-refractivity contribution >= 4 is 16.9 Å². The molecule has 2 N–H and O–H groups in total. The molecule has 0 aliphatic rings. The fourth-order valence-corrected chi connectivity index (χ4v) is 3.04. The molecule has 2 aromatic carbocycles. The smallest absolute Gasteiger partial charge is 0.255 e. The number of benzene rings is 2. The van der Waals surface area contributed by atoms with E-state index in [4.69, 9.17) is 0 Å². The average molecular weight is 345 g/mol. The lowest BCUT2D eigenvalue weighted by molar-refractivity contribution is 0.0949. The van der Waals surface area contributed by atoms with Gasteiger partial charge in [-0.15, -0.1) is 0 Å². The van der Waals surface area contributed by atoms with E-state index in [1.165, 1.54) is 0 Å². The first-order chi connectivity index (χ1) is 12.8. The molecule has 0 spiro atoms. The number of nitrogens with one attached hydrogen (secondary N) is 2. The second-order valence-corrected chi connectivity index (χ2v) is 5.99. The predicted molar refractivity (Wildman–Crippen MR) is 100 cm³/mol. The van der Waals surface area contributed by atoms with Crippen LogP contribution in [-0.4, -0.2) is 25.7 Å². The molecule has 2 heterocycles. The van der Waals surface area contributed by atoms with Crippen LogP contribution in [0.4, 0.5) is 0 Å². The number of nitrogens with zero attached hydrogens (tertiary/aromatic N) is 3. The van der Waals surface area contributed by atoms with Crippen molar-refractivity contribution in [1.82, 2.24) is 25.1 Å². The van der Waals surface area contributed by atoms with Gasteiger partial charge in [-0.05, 0) is 30.7 Å². The molecule has 0 aliphatic heterocycles. The van der Waals surface area contributed by atoms with Crippen molar-refractivity contribution in [2.75, 3.05) is 0 Å². The molecule has 130 valence electrons. The van der Waals surface area contributed by atoms with Crippen molar-refractivity contribution in [2.45, 2.75) is 19.9 Å². The highest BCUT2D eigenvalue weighted by atomic mass is 16.1. The summed E-state index contributed by atoms with van der Waals surface area (Å²) in [5.74, 6) is 0.581. The molecule has 2 aromatic heterocycles. The highest BCUT2D eigenvalue weighted by molar-refractivity contribution is 5.95. The van der Waals surface area contributed by atoms with Crippen molar-refractivity contribution in [3.8, 4) is 5.69 Å². The van der Waals surface area contributed by atoms with E-state index in [-0.39, 0.29) is 5.91 Å². The van der Waals surface area contributed by atoms with Gasteiger partial charge < -0.3 is 10.3 Å². The topological polar surface area (TPSA) is 75.6 Å². The molecule has 0 saturated carbocycles. The average Bonchev–Trinajstić information content (AvgIpc) is 3.30. The van der Waals surface area contributed by atoms with Crippen LogP contribution in [0.1, 0.15) is 28.8 Å². The van der Waals surface area contributed by atoms with E-state index < -0.39 is 0 Å². The Kier molecular flexibility index (Phi) is 4.23. The Morgan fingerprint density at radius 1 is 1.12 bits per heavy atom. The molecule has 6 heteroatoms. The van der Waals surface area contributed by atoms with Crippen molar-refractivity contribution in [2.24, 2.45) is 0 Å². The molecule has 0 bridgehead atoms. The first-order valence-corrected chi connectivity index (χ1v) is 8.60. The first kappa shape index (κ1) is 16.1.